The Hall–Kier alpha value is -3.80. The fraction of sp³-hybridized carbons (Fsp3) is 0.200. The van der Waals surface area contributed by atoms with Crippen molar-refractivity contribution in [3.05, 3.63) is 83.9 Å². The van der Waals surface area contributed by atoms with E-state index in [2.05, 4.69) is 12.2 Å². The molecule has 0 radical (unpaired) electrons. The summed E-state index contributed by atoms with van der Waals surface area (Å²) in [5.41, 5.74) is 2.22. The Morgan fingerprint density at radius 2 is 1.58 bits per heavy atom. The minimum Gasteiger partial charge on any atom is -0.497 e. The number of aryl methyl sites for hydroxylation is 1. The van der Waals surface area contributed by atoms with Crippen molar-refractivity contribution in [3.63, 3.8) is 0 Å². The summed E-state index contributed by atoms with van der Waals surface area (Å²) >= 11 is 0. The van der Waals surface area contributed by atoms with Gasteiger partial charge in [-0.2, -0.15) is 0 Å². The number of carbonyl (C=O) groups excluding carboxylic acids is 2. The summed E-state index contributed by atoms with van der Waals surface area (Å²) in [6.45, 7) is 3.69. The highest BCUT2D eigenvalue weighted by atomic mass is 16.6. The predicted molar refractivity (Wildman–Crippen MR) is 119 cm³/mol. The van der Waals surface area contributed by atoms with Crippen molar-refractivity contribution in [1.29, 1.82) is 0 Å². The highest BCUT2D eigenvalue weighted by Gasteiger charge is 2.18. The quantitative estimate of drug-likeness (QED) is 0.416. The maximum absolute atomic E-state index is 12.4. The predicted octanol–water partition coefficient (Wildman–Crippen LogP) is 4.88. The lowest BCUT2D eigenvalue weighted by Gasteiger charge is -2.14. The molecule has 3 aromatic carbocycles. The number of hydrogen-bond donors (Lipinski definition) is 1. The topological polar surface area (TPSA) is 73.9 Å². The Bertz CT molecular complexity index is 1030. The number of anilines is 1. The van der Waals surface area contributed by atoms with Crippen LogP contribution in [0.2, 0.25) is 0 Å². The van der Waals surface area contributed by atoms with Gasteiger partial charge in [0.15, 0.2) is 6.10 Å². The average molecular weight is 419 g/mol. The van der Waals surface area contributed by atoms with Gasteiger partial charge in [0.2, 0.25) is 0 Å². The third-order valence-electron chi connectivity index (χ3n) is 4.63. The number of carbonyl (C=O) groups is 2. The van der Waals surface area contributed by atoms with Crippen LogP contribution in [0.3, 0.4) is 0 Å². The number of rotatable bonds is 8. The fourth-order valence-electron chi connectivity index (χ4n) is 2.84. The van der Waals surface area contributed by atoms with Gasteiger partial charge in [-0.3, -0.25) is 4.79 Å². The van der Waals surface area contributed by atoms with Crippen LogP contribution in [0.1, 0.15) is 29.8 Å². The molecule has 0 bridgehead atoms. The van der Waals surface area contributed by atoms with Crippen molar-refractivity contribution >= 4 is 17.6 Å². The smallest absolute Gasteiger partial charge is 0.352 e. The lowest BCUT2D eigenvalue weighted by Crippen LogP contribution is -2.28. The summed E-state index contributed by atoms with van der Waals surface area (Å²) in [5, 5.41) is 2.80. The third kappa shape index (κ3) is 6.09. The van der Waals surface area contributed by atoms with E-state index in [0.717, 1.165) is 12.0 Å². The maximum atomic E-state index is 12.4. The van der Waals surface area contributed by atoms with Crippen LogP contribution >= 0.6 is 0 Å². The number of esters is 1. The standard InChI is InChI=1S/C25H25NO5/c1-4-18-6-5-7-23(16-18)30-17(2)25(28)31-22-12-8-19(9-13-22)24(27)26-20-10-14-21(29-3)15-11-20/h5-17H,4H2,1-3H3,(H,26,27). The molecule has 0 heterocycles. The van der Waals surface area contributed by atoms with E-state index >= 15 is 0 Å². The van der Waals surface area contributed by atoms with Crippen LogP contribution < -0.4 is 19.5 Å². The molecule has 6 heteroatoms. The lowest BCUT2D eigenvalue weighted by atomic mass is 10.2. The highest BCUT2D eigenvalue weighted by molar-refractivity contribution is 6.04. The maximum Gasteiger partial charge on any atom is 0.352 e. The molecule has 31 heavy (non-hydrogen) atoms. The zero-order valence-corrected chi connectivity index (χ0v) is 17.8. The van der Waals surface area contributed by atoms with Crippen molar-refractivity contribution in [3.8, 4) is 17.2 Å². The van der Waals surface area contributed by atoms with Crippen LogP contribution in [-0.4, -0.2) is 25.1 Å². The van der Waals surface area contributed by atoms with Crippen LogP contribution in [0.5, 0.6) is 17.2 Å². The molecule has 0 saturated heterocycles. The Kier molecular flexibility index (Phi) is 7.27. The Balaban J connectivity index is 1.56. The van der Waals surface area contributed by atoms with Crippen molar-refractivity contribution in [1.82, 2.24) is 0 Å². The molecule has 1 amide bonds. The molecule has 0 saturated carbocycles. The summed E-state index contributed by atoms with van der Waals surface area (Å²) < 4.78 is 16.2. The molecule has 3 rings (SSSR count). The van der Waals surface area contributed by atoms with Gasteiger partial charge in [-0.15, -0.1) is 0 Å². The lowest BCUT2D eigenvalue weighted by molar-refractivity contribution is -0.141. The first kappa shape index (κ1) is 21.9. The summed E-state index contributed by atoms with van der Waals surface area (Å²) in [6, 6.07) is 21.0. The third-order valence-corrected chi connectivity index (χ3v) is 4.63. The van der Waals surface area contributed by atoms with Crippen LogP contribution in [0.15, 0.2) is 72.8 Å². The average Bonchev–Trinajstić information content (AvgIpc) is 2.80. The normalized spacial score (nSPS) is 11.3. The molecule has 3 aromatic rings. The Morgan fingerprint density at radius 1 is 0.903 bits per heavy atom. The molecule has 0 aliphatic heterocycles. The summed E-state index contributed by atoms with van der Waals surface area (Å²) in [5.74, 6) is 0.881. The van der Waals surface area contributed by atoms with E-state index in [1.807, 2.05) is 18.2 Å². The van der Waals surface area contributed by atoms with E-state index in [9.17, 15) is 9.59 Å². The van der Waals surface area contributed by atoms with E-state index in [1.165, 1.54) is 0 Å². The molecule has 0 fully saturated rings. The molecule has 6 nitrogen and oxygen atoms in total. The van der Waals surface area contributed by atoms with Crippen LogP contribution in [0.4, 0.5) is 5.69 Å². The molecule has 160 valence electrons. The first-order valence-corrected chi connectivity index (χ1v) is 10.0. The number of hydrogen-bond acceptors (Lipinski definition) is 5. The van der Waals surface area contributed by atoms with E-state index in [0.29, 0.717) is 28.5 Å². The van der Waals surface area contributed by atoms with Crippen molar-refractivity contribution in [2.24, 2.45) is 0 Å². The van der Waals surface area contributed by atoms with Crippen molar-refractivity contribution < 1.29 is 23.8 Å². The van der Waals surface area contributed by atoms with Gasteiger partial charge in [0.1, 0.15) is 17.2 Å². The molecule has 0 aromatic heterocycles. The second-order valence-corrected chi connectivity index (χ2v) is 6.89. The van der Waals surface area contributed by atoms with Crippen LogP contribution in [0.25, 0.3) is 0 Å². The van der Waals surface area contributed by atoms with Gasteiger partial charge >= 0.3 is 5.97 Å². The molecular formula is C25H25NO5. The molecule has 0 aliphatic carbocycles. The molecule has 1 N–H and O–H groups in total. The largest absolute Gasteiger partial charge is 0.497 e. The summed E-state index contributed by atoms with van der Waals surface area (Å²) in [4.78, 5) is 24.7. The number of ether oxygens (including phenoxy) is 3. The second kappa shape index (κ2) is 10.3. The summed E-state index contributed by atoms with van der Waals surface area (Å²) in [6.07, 6.45) is 0.110. The fourth-order valence-corrected chi connectivity index (χ4v) is 2.84. The van der Waals surface area contributed by atoms with Gasteiger partial charge in [0.05, 0.1) is 7.11 Å². The van der Waals surface area contributed by atoms with Crippen LogP contribution in [0, 0.1) is 0 Å². The zero-order valence-electron chi connectivity index (χ0n) is 17.8. The number of amides is 1. The van der Waals surface area contributed by atoms with E-state index in [4.69, 9.17) is 14.2 Å². The van der Waals surface area contributed by atoms with Crippen molar-refractivity contribution in [2.75, 3.05) is 12.4 Å². The minimum atomic E-state index is -0.773. The second-order valence-electron chi connectivity index (χ2n) is 6.89. The number of nitrogens with one attached hydrogen (secondary N) is 1. The van der Waals surface area contributed by atoms with Gasteiger partial charge in [-0.05, 0) is 79.6 Å². The molecule has 0 spiro atoms. The first-order chi connectivity index (χ1) is 15.0. The highest BCUT2D eigenvalue weighted by Crippen LogP contribution is 2.19. The molecular weight excluding hydrogens is 394 g/mol. The molecule has 1 atom stereocenters. The van der Waals surface area contributed by atoms with Crippen LogP contribution in [-0.2, 0) is 11.2 Å². The van der Waals surface area contributed by atoms with Gasteiger partial charge in [0, 0.05) is 11.3 Å². The molecule has 0 aliphatic rings. The van der Waals surface area contributed by atoms with Crippen molar-refractivity contribution in [2.45, 2.75) is 26.4 Å². The van der Waals surface area contributed by atoms with E-state index in [1.54, 1.807) is 68.6 Å². The van der Waals surface area contributed by atoms with Gasteiger partial charge in [-0.25, -0.2) is 4.79 Å². The minimum absolute atomic E-state index is 0.268. The number of benzene rings is 3. The SMILES string of the molecule is CCc1cccc(OC(C)C(=O)Oc2ccc(C(=O)Nc3ccc(OC)cc3)cc2)c1. The number of methoxy groups -OCH3 is 1. The first-order valence-electron chi connectivity index (χ1n) is 10.0. The van der Waals surface area contributed by atoms with Gasteiger partial charge in [-0.1, -0.05) is 19.1 Å². The van der Waals surface area contributed by atoms with E-state index in [-0.39, 0.29) is 5.91 Å². The summed E-state index contributed by atoms with van der Waals surface area (Å²) in [7, 11) is 1.58. The molecule has 1 unspecified atom stereocenters. The van der Waals surface area contributed by atoms with E-state index < -0.39 is 12.1 Å². The van der Waals surface area contributed by atoms with Gasteiger partial charge < -0.3 is 19.5 Å². The van der Waals surface area contributed by atoms with Gasteiger partial charge in [0.25, 0.3) is 5.91 Å². The Morgan fingerprint density at radius 3 is 2.23 bits per heavy atom. The monoisotopic (exact) mass is 419 g/mol. The Labute approximate surface area is 181 Å². The zero-order chi connectivity index (χ0) is 22.2.